The average molecular weight is 317 g/mol. The topological polar surface area (TPSA) is 68.5 Å². The van der Waals surface area contributed by atoms with Crippen molar-refractivity contribution in [1.29, 1.82) is 0 Å². The number of aromatic nitrogens is 2. The highest BCUT2D eigenvalue weighted by Gasteiger charge is 2.19. The zero-order valence-electron chi connectivity index (χ0n) is 14.3. The monoisotopic (exact) mass is 317 g/mol. The number of carbonyl (C=O) groups is 1. The van der Waals surface area contributed by atoms with Gasteiger partial charge >= 0.3 is 0 Å². The lowest BCUT2D eigenvalue weighted by Gasteiger charge is -2.26. The van der Waals surface area contributed by atoms with Crippen molar-refractivity contribution < 1.29 is 13.9 Å². The van der Waals surface area contributed by atoms with Crippen molar-refractivity contribution in [1.82, 2.24) is 15.1 Å². The normalized spacial score (nSPS) is 11.5. The molecule has 0 spiro atoms. The molecule has 0 unspecified atom stereocenters. The zero-order chi connectivity index (χ0) is 17.0. The summed E-state index contributed by atoms with van der Waals surface area (Å²) >= 11 is 0. The molecule has 6 nitrogen and oxygen atoms in total. The van der Waals surface area contributed by atoms with E-state index in [0.29, 0.717) is 23.9 Å². The molecule has 1 aromatic heterocycles. The van der Waals surface area contributed by atoms with Gasteiger partial charge in [0.05, 0.1) is 0 Å². The van der Waals surface area contributed by atoms with E-state index >= 15 is 0 Å². The molecule has 1 heterocycles. The first-order chi connectivity index (χ1) is 10.8. The molecule has 0 N–H and O–H groups in total. The number of methoxy groups -OCH3 is 1. The molecule has 0 bridgehead atoms. The molecule has 0 fully saturated rings. The van der Waals surface area contributed by atoms with Crippen LogP contribution in [0.4, 0.5) is 0 Å². The van der Waals surface area contributed by atoms with Crippen molar-refractivity contribution in [3.05, 3.63) is 35.7 Å². The quantitative estimate of drug-likeness (QED) is 0.848. The lowest BCUT2D eigenvalue weighted by atomic mass is 9.96. The van der Waals surface area contributed by atoms with Crippen LogP contribution in [0, 0.1) is 5.41 Å². The van der Waals surface area contributed by atoms with E-state index in [0.717, 1.165) is 5.56 Å². The maximum Gasteiger partial charge on any atom is 0.253 e. The highest BCUT2D eigenvalue weighted by Crippen LogP contribution is 2.21. The van der Waals surface area contributed by atoms with Gasteiger partial charge in [-0.15, -0.1) is 10.2 Å². The third-order valence-electron chi connectivity index (χ3n) is 3.15. The molecular formula is C17H23N3O3. The van der Waals surface area contributed by atoms with Crippen LogP contribution in [0.2, 0.25) is 0 Å². The molecule has 0 radical (unpaired) electrons. The van der Waals surface area contributed by atoms with Gasteiger partial charge in [0.15, 0.2) is 0 Å². The predicted molar refractivity (Wildman–Crippen MR) is 86.9 cm³/mol. The smallest absolute Gasteiger partial charge is 0.253 e. The summed E-state index contributed by atoms with van der Waals surface area (Å²) in [7, 11) is 3.37. The second-order valence-electron chi connectivity index (χ2n) is 6.74. The van der Waals surface area contributed by atoms with Crippen LogP contribution in [0.1, 0.15) is 37.0 Å². The molecular weight excluding hydrogens is 294 g/mol. The minimum absolute atomic E-state index is 0.0293. The summed E-state index contributed by atoms with van der Waals surface area (Å²) in [5.74, 6) is 0.757. The fourth-order valence-corrected chi connectivity index (χ4v) is 2.34. The summed E-state index contributed by atoms with van der Waals surface area (Å²) in [6, 6.07) is 7.21. The number of ether oxygens (including phenoxy) is 1. The lowest BCUT2D eigenvalue weighted by molar-refractivity contribution is 0.0745. The summed E-state index contributed by atoms with van der Waals surface area (Å²) in [5.41, 5.74) is 1.36. The van der Waals surface area contributed by atoms with E-state index in [1.54, 1.807) is 24.1 Å². The molecule has 124 valence electrons. The number of carbonyl (C=O) groups excluding carboxylic acids is 1. The van der Waals surface area contributed by atoms with Gasteiger partial charge in [0.1, 0.15) is 6.61 Å². The number of nitrogens with zero attached hydrogens (tertiary/aromatic N) is 3. The molecule has 2 rings (SSSR count). The first kappa shape index (κ1) is 17.1. The Morgan fingerprint density at radius 2 is 2.04 bits per heavy atom. The summed E-state index contributed by atoms with van der Waals surface area (Å²) in [6.07, 6.45) is 0. The molecule has 6 heteroatoms. The van der Waals surface area contributed by atoms with Crippen molar-refractivity contribution in [3.8, 4) is 11.5 Å². The van der Waals surface area contributed by atoms with Gasteiger partial charge in [-0.05, 0) is 23.6 Å². The van der Waals surface area contributed by atoms with Crippen LogP contribution in [0.25, 0.3) is 11.5 Å². The first-order valence-electron chi connectivity index (χ1n) is 7.47. The molecule has 0 saturated carbocycles. The predicted octanol–water partition coefficient (Wildman–Crippen LogP) is 3.00. The minimum atomic E-state index is -0.0293. The number of hydrogen-bond acceptors (Lipinski definition) is 5. The Labute approximate surface area is 136 Å². The Hall–Kier alpha value is -2.21. The maximum absolute atomic E-state index is 12.6. The van der Waals surface area contributed by atoms with Gasteiger partial charge < -0.3 is 14.1 Å². The van der Waals surface area contributed by atoms with E-state index in [-0.39, 0.29) is 17.9 Å². The van der Waals surface area contributed by atoms with Crippen LogP contribution < -0.4 is 0 Å². The molecule has 0 aliphatic heterocycles. The van der Waals surface area contributed by atoms with Crippen LogP contribution in [0.15, 0.2) is 28.7 Å². The molecule has 0 saturated heterocycles. The Morgan fingerprint density at radius 1 is 1.30 bits per heavy atom. The maximum atomic E-state index is 12.6. The highest BCUT2D eigenvalue weighted by molar-refractivity contribution is 5.95. The molecule has 2 aromatic rings. The Kier molecular flexibility index (Phi) is 5.15. The van der Waals surface area contributed by atoms with Gasteiger partial charge in [-0.3, -0.25) is 4.79 Å². The second kappa shape index (κ2) is 6.91. The Balaban J connectivity index is 2.20. The average Bonchev–Trinajstić information content (AvgIpc) is 2.94. The van der Waals surface area contributed by atoms with Crippen molar-refractivity contribution in [2.24, 2.45) is 5.41 Å². The summed E-state index contributed by atoms with van der Waals surface area (Å²) in [6.45, 7) is 7.24. The minimum Gasteiger partial charge on any atom is -0.418 e. The van der Waals surface area contributed by atoms with E-state index in [9.17, 15) is 4.79 Å². The molecule has 1 amide bonds. The van der Waals surface area contributed by atoms with E-state index in [1.807, 2.05) is 19.2 Å². The largest absolute Gasteiger partial charge is 0.418 e. The third kappa shape index (κ3) is 4.63. The summed E-state index contributed by atoms with van der Waals surface area (Å²) in [4.78, 5) is 14.3. The first-order valence-corrected chi connectivity index (χ1v) is 7.47. The SMILES string of the molecule is COCc1nnc(-c2cccc(C(=O)N(C)CC(C)(C)C)c2)o1. The zero-order valence-corrected chi connectivity index (χ0v) is 14.3. The van der Waals surface area contributed by atoms with Gasteiger partial charge in [0, 0.05) is 31.8 Å². The summed E-state index contributed by atoms with van der Waals surface area (Å²) < 4.78 is 10.5. The third-order valence-corrected chi connectivity index (χ3v) is 3.15. The van der Waals surface area contributed by atoms with E-state index in [4.69, 9.17) is 9.15 Å². The van der Waals surface area contributed by atoms with Crippen LogP contribution >= 0.6 is 0 Å². The number of amides is 1. The van der Waals surface area contributed by atoms with Crippen LogP contribution in [0.3, 0.4) is 0 Å². The Morgan fingerprint density at radius 3 is 2.70 bits per heavy atom. The van der Waals surface area contributed by atoms with Crippen LogP contribution in [0.5, 0.6) is 0 Å². The highest BCUT2D eigenvalue weighted by atomic mass is 16.5. The number of benzene rings is 1. The fourth-order valence-electron chi connectivity index (χ4n) is 2.34. The van der Waals surface area contributed by atoms with Crippen LogP contribution in [-0.2, 0) is 11.3 Å². The molecule has 0 aliphatic rings. The second-order valence-corrected chi connectivity index (χ2v) is 6.74. The standard InChI is InChI=1S/C17H23N3O3/c1-17(2,3)11-20(4)16(21)13-8-6-7-12(9-13)15-19-18-14(23-15)10-22-5/h6-9H,10-11H2,1-5H3. The number of rotatable bonds is 5. The van der Waals surface area contributed by atoms with Gasteiger partial charge in [0.2, 0.25) is 11.8 Å². The molecule has 0 aliphatic carbocycles. The van der Waals surface area contributed by atoms with Gasteiger partial charge in [-0.25, -0.2) is 0 Å². The van der Waals surface area contributed by atoms with E-state index < -0.39 is 0 Å². The molecule has 1 aromatic carbocycles. The van der Waals surface area contributed by atoms with Crippen molar-refractivity contribution in [3.63, 3.8) is 0 Å². The number of hydrogen-bond donors (Lipinski definition) is 0. The lowest BCUT2D eigenvalue weighted by Crippen LogP contribution is -2.34. The fraction of sp³-hybridized carbons (Fsp3) is 0.471. The van der Waals surface area contributed by atoms with Gasteiger partial charge in [0.25, 0.3) is 5.91 Å². The van der Waals surface area contributed by atoms with Gasteiger partial charge in [-0.1, -0.05) is 26.8 Å². The van der Waals surface area contributed by atoms with E-state index in [2.05, 4.69) is 31.0 Å². The Bertz CT molecular complexity index is 674. The molecule has 0 atom stereocenters. The van der Waals surface area contributed by atoms with E-state index in [1.165, 1.54) is 0 Å². The molecule has 23 heavy (non-hydrogen) atoms. The van der Waals surface area contributed by atoms with Crippen molar-refractivity contribution in [2.75, 3.05) is 20.7 Å². The van der Waals surface area contributed by atoms with Crippen molar-refractivity contribution in [2.45, 2.75) is 27.4 Å². The van der Waals surface area contributed by atoms with Crippen LogP contribution in [-0.4, -0.2) is 41.7 Å². The van der Waals surface area contributed by atoms with Crippen molar-refractivity contribution >= 4 is 5.91 Å². The summed E-state index contributed by atoms with van der Waals surface area (Å²) in [5, 5.41) is 7.89. The van der Waals surface area contributed by atoms with Gasteiger partial charge in [-0.2, -0.15) is 0 Å².